The summed E-state index contributed by atoms with van der Waals surface area (Å²) in [4.78, 5) is 25.9. The summed E-state index contributed by atoms with van der Waals surface area (Å²) in [5, 5.41) is 3.12. The smallest absolute Gasteiger partial charge is 0.247 e. The zero-order valence-corrected chi connectivity index (χ0v) is 15.2. The maximum absolute atomic E-state index is 13.1. The van der Waals surface area contributed by atoms with Crippen LogP contribution in [0.15, 0.2) is 60.7 Å². The summed E-state index contributed by atoms with van der Waals surface area (Å²) in [5.74, 6) is -1.48. The Labute approximate surface area is 159 Å². The monoisotopic (exact) mass is 363 g/mol. The van der Waals surface area contributed by atoms with Gasteiger partial charge in [0.2, 0.25) is 11.8 Å². The Morgan fingerprint density at radius 2 is 1.48 bits per heavy atom. The van der Waals surface area contributed by atoms with Crippen molar-refractivity contribution in [2.45, 2.75) is 43.7 Å². The number of carbonyl (C=O) groups excluding carboxylic acids is 2. The maximum Gasteiger partial charge on any atom is 0.247 e. The van der Waals surface area contributed by atoms with E-state index in [4.69, 9.17) is 0 Å². The van der Waals surface area contributed by atoms with Crippen LogP contribution in [0.25, 0.3) is 0 Å². The van der Waals surface area contributed by atoms with Gasteiger partial charge in [-0.3, -0.25) is 15.0 Å². The molecule has 3 atom stereocenters. The number of rotatable bonds is 4. The second kappa shape index (κ2) is 7.92. The van der Waals surface area contributed by atoms with Crippen molar-refractivity contribution in [3.8, 4) is 0 Å². The lowest BCUT2D eigenvalue weighted by Gasteiger charge is -2.38. The highest BCUT2D eigenvalue weighted by atomic mass is 16.2. The van der Waals surface area contributed by atoms with Crippen LogP contribution in [0.1, 0.15) is 48.8 Å². The summed E-state index contributed by atoms with van der Waals surface area (Å²) < 4.78 is 0. The Balaban J connectivity index is 1.69. The lowest BCUT2D eigenvalue weighted by Crippen LogP contribution is -2.58. The first-order chi connectivity index (χ1) is 13.2. The number of hydrogen-bond donors (Lipinski definition) is 3. The molecule has 5 heteroatoms. The van der Waals surface area contributed by atoms with E-state index in [-0.39, 0.29) is 29.8 Å². The maximum atomic E-state index is 13.1. The molecule has 1 aliphatic heterocycles. The quantitative estimate of drug-likeness (QED) is 0.732. The minimum absolute atomic E-state index is 0.171. The van der Waals surface area contributed by atoms with E-state index in [1.165, 1.54) is 0 Å². The predicted octanol–water partition coefficient (Wildman–Crippen LogP) is 2.82. The third-order valence-electron chi connectivity index (χ3n) is 5.68. The molecule has 4 rings (SSSR count). The molecule has 140 valence electrons. The van der Waals surface area contributed by atoms with Crippen LogP contribution < -0.4 is 16.2 Å². The van der Waals surface area contributed by atoms with Gasteiger partial charge < -0.3 is 5.32 Å². The molecule has 0 aromatic heterocycles. The fourth-order valence-electron chi connectivity index (χ4n) is 4.33. The van der Waals surface area contributed by atoms with Crippen molar-refractivity contribution in [3.05, 3.63) is 71.8 Å². The van der Waals surface area contributed by atoms with Gasteiger partial charge in [-0.15, -0.1) is 0 Å². The van der Waals surface area contributed by atoms with Crippen LogP contribution in [0, 0.1) is 5.92 Å². The predicted molar refractivity (Wildman–Crippen MR) is 104 cm³/mol. The van der Waals surface area contributed by atoms with Gasteiger partial charge in [0, 0.05) is 12.0 Å². The van der Waals surface area contributed by atoms with Crippen LogP contribution in [0.3, 0.4) is 0 Å². The molecule has 2 fully saturated rings. The van der Waals surface area contributed by atoms with Crippen molar-refractivity contribution in [2.24, 2.45) is 5.92 Å². The first kappa shape index (κ1) is 17.7. The van der Waals surface area contributed by atoms with Crippen LogP contribution in [0.5, 0.6) is 0 Å². The average Bonchev–Trinajstić information content (AvgIpc) is 3.22. The first-order valence-electron chi connectivity index (χ1n) is 9.69. The fraction of sp³-hybridized carbons (Fsp3) is 0.364. The molecule has 3 N–H and O–H groups in total. The number of amides is 2. The second-order valence-corrected chi connectivity index (χ2v) is 7.43. The number of carbonyl (C=O) groups is 2. The van der Waals surface area contributed by atoms with Crippen molar-refractivity contribution < 1.29 is 9.59 Å². The van der Waals surface area contributed by atoms with Gasteiger partial charge in [0.05, 0.1) is 6.04 Å². The van der Waals surface area contributed by atoms with E-state index in [0.717, 1.165) is 36.8 Å². The van der Waals surface area contributed by atoms with Crippen LogP contribution >= 0.6 is 0 Å². The zero-order chi connectivity index (χ0) is 18.6. The van der Waals surface area contributed by atoms with E-state index in [1.54, 1.807) is 0 Å². The SMILES string of the molecule is O=C1NNC(c2ccccc2)C(c2ccccc2)C1C(=O)NC1CCCC1. The third kappa shape index (κ3) is 3.74. The van der Waals surface area contributed by atoms with Crippen LogP contribution in [-0.4, -0.2) is 17.9 Å². The van der Waals surface area contributed by atoms with Gasteiger partial charge in [0.25, 0.3) is 0 Å². The van der Waals surface area contributed by atoms with Gasteiger partial charge in [-0.2, -0.15) is 0 Å². The Kier molecular flexibility index (Phi) is 5.21. The van der Waals surface area contributed by atoms with Gasteiger partial charge in [-0.05, 0) is 24.0 Å². The molecule has 2 amide bonds. The molecule has 0 bridgehead atoms. The lowest BCUT2D eigenvalue weighted by atomic mass is 9.76. The van der Waals surface area contributed by atoms with Crippen molar-refractivity contribution in [1.29, 1.82) is 0 Å². The Hall–Kier alpha value is -2.66. The van der Waals surface area contributed by atoms with Crippen molar-refractivity contribution in [2.75, 3.05) is 0 Å². The minimum Gasteiger partial charge on any atom is -0.353 e. The molecule has 2 aromatic carbocycles. The molecule has 1 heterocycles. The van der Waals surface area contributed by atoms with Crippen molar-refractivity contribution in [1.82, 2.24) is 16.2 Å². The molecule has 3 unspecified atom stereocenters. The standard InChI is InChI=1S/C22H25N3O2/c26-21(23-17-13-7-8-14-17)19-18(15-9-3-1-4-10-15)20(24-25-22(19)27)16-11-5-2-6-12-16/h1-6,9-12,17-20,24H,7-8,13-14H2,(H,23,26)(H,25,27). The van der Waals surface area contributed by atoms with E-state index in [1.807, 2.05) is 60.7 Å². The zero-order valence-electron chi connectivity index (χ0n) is 15.2. The molecule has 5 nitrogen and oxygen atoms in total. The van der Waals surface area contributed by atoms with Crippen LogP contribution in [0.4, 0.5) is 0 Å². The number of hydrogen-bond acceptors (Lipinski definition) is 3. The molecule has 1 saturated carbocycles. The van der Waals surface area contributed by atoms with Crippen molar-refractivity contribution in [3.63, 3.8) is 0 Å². The molecule has 0 radical (unpaired) electrons. The third-order valence-corrected chi connectivity index (χ3v) is 5.68. The molecule has 2 aliphatic rings. The van der Waals surface area contributed by atoms with Gasteiger partial charge >= 0.3 is 0 Å². The molecular formula is C22H25N3O2. The molecule has 27 heavy (non-hydrogen) atoms. The lowest BCUT2D eigenvalue weighted by molar-refractivity contribution is -0.140. The molecule has 1 saturated heterocycles. The molecular weight excluding hydrogens is 338 g/mol. The van der Waals surface area contributed by atoms with Crippen molar-refractivity contribution >= 4 is 11.8 Å². The normalized spacial score (nSPS) is 25.8. The second-order valence-electron chi connectivity index (χ2n) is 7.43. The minimum atomic E-state index is -0.764. The van der Waals surface area contributed by atoms with E-state index in [9.17, 15) is 9.59 Å². The molecule has 0 spiro atoms. The fourth-order valence-corrected chi connectivity index (χ4v) is 4.33. The Morgan fingerprint density at radius 3 is 2.11 bits per heavy atom. The highest BCUT2D eigenvalue weighted by Gasteiger charge is 2.45. The Bertz CT molecular complexity index is 788. The summed E-state index contributed by atoms with van der Waals surface area (Å²) in [6.45, 7) is 0. The largest absolute Gasteiger partial charge is 0.353 e. The van der Waals surface area contributed by atoms with E-state index in [2.05, 4.69) is 16.2 Å². The number of nitrogens with one attached hydrogen (secondary N) is 3. The van der Waals surface area contributed by atoms with Gasteiger partial charge in [-0.1, -0.05) is 73.5 Å². The number of hydrazine groups is 1. The first-order valence-corrected chi connectivity index (χ1v) is 9.69. The summed E-state index contributed by atoms with van der Waals surface area (Å²) in [6.07, 6.45) is 4.27. The van der Waals surface area contributed by atoms with E-state index >= 15 is 0 Å². The average molecular weight is 363 g/mol. The summed E-state index contributed by atoms with van der Waals surface area (Å²) in [7, 11) is 0. The van der Waals surface area contributed by atoms with E-state index in [0.29, 0.717) is 0 Å². The summed E-state index contributed by atoms with van der Waals surface area (Å²) in [5.41, 5.74) is 7.90. The highest BCUT2D eigenvalue weighted by molar-refractivity contribution is 6.02. The highest BCUT2D eigenvalue weighted by Crippen LogP contribution is 2.39. The van der Waals surface area contributed by atoms with E-state index < -0.39 is 5.92 Å². The topological polar surface area (TPSA) is 70.2 Å². The number of benzene rings is 2. The van der Waals surface area contributed by atoms with Crippen LogP contribution in [-0.2, 0) is 9.59 Å². The van der Waals surface area contributed by atoms with Gasteiger partial charge in [-0.25, -0.2) is 5.43 Å². The Morgan fingerprint density at radius 1 is 0.889 bits per heavy atom. The molecule has 2 aromatic rings. The summed E-state index contributed by atoms with van der Waals surface area (Å²) >= 11 is 0. The van der Waals surface area contributed by atoms with Gasteiger partial charge in [0.15, 0.2) is 0 Å². The van der Waals surface area contributed by atoms with Gasteiger partial charge in [0.1, 0.15) is 5.92 Å². The molecule has 1 aliphatic carbocycles. The van der Waals surface area contributed by atoms with Crippen LogP contribution in [0.2, 0.25) is 0 Å². The summed E-state index contributed by atoms with van der Waals surface area (Å²) in [6, 6.07) is 19.8.